The highest BCUT2D eigenvalue weighted by molar-refractivity contribution is 9.10. The molecule has 0 N–H and O–H groups in total. The number of halogens is 1. The fourth-order valence-electron chi connectivity index (χ4n) is 3.26. The number of rotatable bonds is 6. The van der Waals surface area contributed by atoms with Crippen LogP contribution in [0, 0.1) is 6.92 Å². The van der Waals surface area contributed by atoms with Gasteiger partial charge in [0.15, 0.2) is 5.13 Å². The van der Waals surface area contributed by atoms with Gasteiger partial charge in [0.1, 0.15) is 0 Å². The number of carbonyl (C=O) groups excluding carboxylic acids is 1. The molecule has 1 fully saturated rings. The van der Waals surface area contributed by atoms with E-state index in [1.165, 1.54) is 5.56 Å². The highest BCUT2D eigenvalue weighted by atomic mass is 79.9. The number of aromatic nitrogens is 1. The number of anilines is 1. The summed E-state index contributed by atoms with van der Waals surface area (Å²) in [7, 11) is 0. The van der Waals surface area contributed by atoms with Crippen molar-refractivity contribution < 1.29 is 4.79 Å². The van der Waals surface area contributed by atoms with E-state index in [-0.39, 0.29) is 0 Å². The minimum absolute atomic E-state index is 0.304. The van der Waals surface area contributed by atoms with Crippen LogP contribution < -0.4 is 4.90 Å². The molecule has 0 aliphatic carbocycles. The van der Waals surface area contributed by atoms with Crippen molar-refractivity contribution in [2.75, 3.05) is 31.1 Å². The zero-order valence-corrected chi connectivity index (χ0v) is 17.7. The molecule has 0 saturated carbocycles. The topological polar surface area (TPSA) is 36.4 Å². The molecular weight excluding hydrogens is 410 g/mol. The summed E-state index contributed by atoms with van der Waals surface area (Å²) in [6, 6.07) is 8.45. The number of hydrogen-bond acceptors (Lipinski definition) is 4. The van der Waals surface area contributed by atoms with E-state index in [9.17, 15) is 4.79 Å². The zero-order chi connectivity index (χ0) is 18.4. The second kappa shape index (κ2) is 9.51. The van der Waals surface area contributed by atoms with Crippen LogP contribution in [-0.2, 0) is 11.2 Å². The van der Waals surface area contributed by atoms with Gasteiger partial charge in [0, 0.05) is 42.5 Å². The molecule has 0 spiro atoms. The minimum atomic E-state index is 0.304. The van der Waals surface area contributed by atoms with Crippen molar-refractivity contribution in [2.24, 2.45) is 0 Å². The maximum atomic E-state index is 12.5. The van der Waals surface area contributed by atoms with Crippen LogP contribution >= 0.6 is 27.3 Å². The number of aryl methyl sites for hydroxylation is 2. The van der Waals surface area contributed by atoms with Crippen molar-refractivity contribution in [3.63, 3.8) is 0 Å². The molecule has 1 aliphatic rings. The molecule has 2 heterocycles. The van der Waals surface area contributed by atoms with Crippen LogP contribution in [0.5, 0.6) is 0 Å². The largest absolute Gasteiger partial charge is 0.346 e. The summed E-state index contributed by atoms with van der Waals surface area (Å²) >= 11 is 5.16. The van der Waals surface area contributed by atoms with E-state index in [2.05, 4.69) is 55.5 Å². The summed E-state index contributed by atoms with van der Waals surface area (Å²) in [6.45, 7) is 5.58. The molecule has 6 heteroatoms. The van der Waals surface area contributed by atoms with Gasteiger partial charge in [-0.2, -0.15) is 0 Å². The predicted molar refractivity (Wildman–Crippen MR) is 112 cm³/mol. The summed E-state index contributed by atoms with van der Waals surface area (Å²) in [5.74, 6) is 0.304. The van der Waals surface area contributed by atoms with Crippen LogP contribution in [0.3, 0.4) is 0 Å². The van der Waals surface area contributed by atoms with Gasteiger partial charge in [0.25, 0.3) is 0 Å². The van der Waals surface area contributed by atoms with Crippen molar-refractivity contribution in [1.82, 2.24) is 9.88 Å². The highest BCUT2D eigenvalue weighted by Crippen LogP contribution is 2.21. The molecule has 1 aliphatic heterocycles. The lowest BCUT2D eigenvalue weighted by molar-refractivity contribution is -0.131. The van der Waals surface area contributed by atoms with Gasteiger partial charge in [-0.3, -0.25) is 4.79 Å². The van der Waals surface area contributed by atoms with Gasteiger partial charge in [0.05, 0.1) is 5.69 Å². The zero-order valence-electron chi connectivity index (χ0n) is 15.3. The lowest BCUT2D eigenvalue weighted by atomic mass is 10.1. The van der Waals surface area contributed by atoms with E-state index < -0.39 is 0 Å². The maximum absolute atomic E-state index is 12.5. The van der Waals surface area contributed by atoms with E-state index in [0.717, 1.165) is 67.2 Å². The number of amides is 1. The van der Waals surface area contributed by atoms with Gasteiger partial charge in [0.2, 0.25) is 5.91 Å². The molecule has 0 bridgehead atoms. The van der Waals surface area contributed by atoms with Gasteiger partial charge in [-0.05, 0) is 50.3 Å². The smallest absolute Gasteiger partial charge is 0.222 e. The first-order valence-corrected chi connectivity index (χ1v) is 11.0. The fraction of sp³-hybridized carbons (Fsp3) is 0.500. The third-order valence-electron chi connectivity index (χ3n) is 4.75. The molecule has 2 aromatic rings. The third kappa shape index (κ3) is 5.55. The number of thiazole rings is 1. The molecule has 1 amide bonds. The van der Waals surface area contributed by atoms with Crippen molar-refractivity contribution in [1.29, 1.82) is 0 Å². The Hall–Kier alpha value is -1.40. The van der Waals surface area contributed by atoms with Crippen LogP contribution in [0.25, 0.3) is 0 Å². The average molecular weight is 436 g/mol. The lowest BCUT2D eigenvalue weighted by Gasteiger charge is -2.21. The molecule has 3 rings (SSSR count). The van der Waals surface area contributed by atoms with E-state index in [1.807, 2.05) is 11.8 Å². The first-order valence-electron chi connectivity index (χ1n) is 9.31. The van der Waals surface area contributed by atoms with Crippen molar-refractivity contribution in [3.8, 4) is 0 Å². The molecule has 1 aromatic carbocycles. The minimum Gasteiger partial charge on any atom is -0.346 e. The van der Waals surface area contributed by atoms with Gasteiger partial charge in [-0.1, -0.05) is 28.1 Å². The first kappa shape index (κ1) is 19.4. The first-order chi connectivity index (χ1) is 12.6. The Bertz CT molecular complexity index is 716. The van der Waals surface area contributed by atoms with Crippen molar-refractivity contribution in [3.05, 3.63) is 45.4 Å². The molecule has 26 heavy (non-hydrogen) atoms. The molecule has 0 atom stereocenters. The molecule has 1 aromatic heterocycles. The van der Waals surface area contributed by atoms with Gasteiger partial charge in [-0.15, -0.1) is 11.3 Å². The second-order valence-corrected chi connectivity index (χ2v) is 8.58. The Labute approximate surface area is 168 Å². The number of carbonyl (C=O) groups is 1. The van der Waals surface area contributed by atoms with Crippen LogP contribution in [0.4, 0.5) is 5.13 Å². The van der Waals surface area contributed by atoms with Crippen molar-refractivity contribution >= 4 is 38.3 Å². The molecule has 0 unspecified atom stereocenters. The maximum Gasteiger partial charge on any atom is 0.222 e. The summed E-state index contributed by atoms with van der Waals surface area (Å²) in [5, 5.41) is 3.18. The third-order valence-corrected chi connectivity index (χ3v) is 6.29. The Morgan fingerprint density at radius 2 is 1.96 bits per heavy atom. The SMILES string of the molecule is Cc1csc(N2CCCN(C(=O)CCCCc3ccc(Br)cc3)CC2)n1. The number of benzene rings is 1. The fourth-order valence-corrected chi connectivity index (χ4v) is 4.38. The standard InChI is InChI=1S/C20H26BrN3OS/c1-16-15-26-20(22-16)24-12-4-11-23(13-14-24)19(25)6-3-2-5-17-7-9-18(21)10-8-17/h7-10,15H,2-6,11-14H2,1H3. The van der Waals surface area contributed by atoms with E-state index in [4.69, 9.17) is 0 Å². The van der Waals surface area contributed by atoms with Crippen LogP contribution in [0.1, 0.15) is 36.9 Å². The predicted octanol–water partition coefficient (Wildman–Crippen LogP) is 4.67. The molecule has 1 saturated heterocycles. The van der Waals surface area contributed by atoms with Gasteiger partial charge >= 0.3 is 0 Å². The number of unbranched alkanes of at least 4 members (excludes halogenated alkanes) is 1. The second-order valence-electron chi connectivity index (χ2n) is 6.83. The Kier molecular flexibility index (Phi) is 7.08. The van der Waals surface area contributed by atoms with E-state index >= 15 is 0 Å². The Morgan fingerprint density at radius 3 is 2.69 bits per heavy atom. The van der Waals surface area contributed by atoms with Gasteiger partial charge in [-0.25, -0.2) is 4.98 Å². The monoisotopic (exact) mass is 435 g/mol. The summed E-state index contributed by atoms with van der Waals surface area (Å²) in [4.78, 5) is 21.5. The quantitative estimate of drug-likeness (QED) is 0.618. The van der Waals surface area contributed by atoms with Crippen LogP contribution in [0.2, 0.25) is 0 Å². The number of hydrogen-bond donors (Lipinski definition) is 0. The Morgan fingerprint density at radius 1 is 1.15 bits per heavy atom. The van der Waals surface area contributed by atoms with Gasteiger partial charge < -0.3 is 9.80 Å². The van der Waals surface area contributed by atoms with Crippen molar-refractivity contribution in [2.45, 2.75) is 39.0 Å². The number of nitrogens with zero attached hydrogens (tertiary/aromatic N) is 3. The molecule has 0 radical (unpaired) electrons. The normalized spacial score (nSPS) is 15.2. The molecule has 140 valence electrons. The average Bonchev–Trinajstić information content (AvgIpc) is 2.92. The summed E-state index contributed by atoms with van der Waals surface area (Å²) in [6.07, 6.45) is 4.74. The molecular formula is C20H26BrN3OS. The van der Waals surface area contributed by atoms with Crippen LogP contribution in [0.15, 0.2) is 34.1 Å². The lowest BCUT2D eigenvalue weighted by Crippen LogP contribution is -2.35. The highest BCUT2D eigenvalue weighted by Gasteiger charge is 2.20. The summed E-state index contributed by atoms with van der Waals surface area (Å²) < 4.78 is 1.11. The van der Waals surface area contributed by atoms with E-state index in [1.54, 1.807) is 11.3 Å². The Balaban J connectivity index is 1.40. The van der Waals surface area contributed by atoms with E-state index in [0.29, 0.717) is 12.3 Å². The van der Waals surface area contributed by atoms with Crippen LogP contribution in [-0.4, -0.2) is 42.0 Å². The molecule has 4 nitrogen and oxygen atoms in total. The summed E-state index contributed by atoms with van der Waals surface area (Å²) in [5.41, 5.74) is 2.41.